The minimum absolute atomic E-state index is 0.172. The molecule has 1 amide bonds. The van der Waals surface area contributed by atoms with Crippen LogP contribution in [-0.4, -0.2) is 30.1 Å². The molecular weight excluding hydrogens is 270 g/mol. The molecule has 1 aromatic carbocycles. The summed E-state index contributed by atoms with van der Waals surface area (Å²) in [5, 5.41) is 11.7. The van der Waals surface area contributed by atoms with Gasteiger partial charge in [0, 0.05) is 6.54 Å². The van der Waals surface area contributed by atoms with Crippen LogP contribution in [0.4, 0.5) is 0 Å². The van der Waals surface area contributed by atoms with Crippen molar-refractivity contribution in [2.24, 2.45) is 5.41 Å². The first-order valence-corrected chi connectivity index (χ1v) is 7.14. The van der Waals surface area contributed by atoms with Crippen molar-refractivity contribution in [2.75, 3.05) is 13.2 Å². The summed E-state index contributed by atoms with van der Waals surface area (Å²) in [7, 11) is 0. The summed E-state index contributed by atoms with van der Waals surface area (Å²) in [6.45, 7) is 4.43. The molecule has 0 spiro atoms. The second-order valence-corrected chi connectivity index (χ2v) is 5.68. The molecule has 0 unspecified atom stereocenters. The van der Waals surface area contributed by atoms with Gasteiger partial charge in [-0.1, -0.05) is 18.2 Å². The van der Waals surface area contributed by atoms with Gasteiger partial charge in [0.1, 0.15) is 5.75 Å². The number of hydrogen-bond donors (Lipinski definition) is 2. The number of rotatable bonds is 7. The van der Waals surface area contributed by atoms with Crippen molar-refractivity contribution in [3.05, 3.63) is 29.3 Å². The molecule has 0 saturated heterocycles. The summed E-state index contributed by atoms with van der Waals surface area (Å²) < 4.78 is 5.66. The highest BCUT2D eigenvalue weighted by molar-refractivity contribution is 5.80. The Morgan fingerprint density at radius 2 is 1.90 bits per heavy atom. The number of aryl methyl sites for hydroxylation is 2. The minimum atomic E-state index is -0.824. The van der Waals surface area contributed by atoms with Crippen molar-refractivity contribution in [3.63, 3.8) is 0 Å². The third-order valence-electron chi connectivity index (χ3n) is 3.92. The SMILES string of the molecule is Cc1cccc(C)c1OCCC(=O)NCC1(C(=O)O)CC1. The van der Waals surface area contributed by atoms with Gasteiger partial charge in [0.15, 0.2) is 0 Å². The van der Waals surface area contributed by atoms with Gasteiger partial charge < -0.3 is 15.2 Å². The Bertz CT molecular complexity index is 529. The van der Waals surface area contributed by atoms with E-state index in [1.54, 1.807) is 0 Å². The Morgan fingerprint density at radius 1 is 1.29 bits per heavy atom. The molecule has 2 rings (SSSR count). The van der Waals surface area contributed by atoms with E-state index in [-0.39, 0.29) is 25.5 Å². The summed E-state index contributed by atoms with van der Waals surface area (Å²) >= 11 is 0. The number of nitrogens with one attached hydrogen (secondary N) is 1. The fraction of sp³-hybridized carbons (Fsp3) is 0.500. The van der Waals surface area contributed by atoms with Crippen LogP contribution >= 0.6 is 0 Å². The molecule has 21 heavy (non-hydrogen) atoms. The zero-order chi connectivity index (χ0) is 15.5. The van der Waals surface area contributed by atoms with Gasteiger partial charge in [0.05, 0.1) is 18.4 Å². The first-order chi connectivity index (χ1) is 9.94. The number of hydrogen-bond acceptors (Lipinski definition) is 3. The van der Waals surface area contributed by atoms with Gasteiger partial charge in [-0.2, -0.15) is 0 Å². The number of carbonyl (C=O) groups is 2. The second kappa shape index (κ2) is 6.16. The Hall–Kier alpha value is -2.04. The van der Waals surface area contributed by atoms with Crippen LogP contribution < -0.4 is 10.1 Å². The van der Waals surface area contributed by atoms with Crippen LogP contribution in [0.2, 0.25) is 0 Å². The summed E-state index contributed by atoms with van der Waals surface area (Å²) in [6.07, 6.45) is 1.51. The zero-order valence-electron chi connectivity index (χ0n) is 12.4. The second-order valence-electron chi connectivity index (χ2n) is 5.68. The van der Waals surface area contributed by atoms with Crippen LogP contribution in [0.25, 0.3) is 0 Å². The van der Waals surface area contributed by atoms with Crippen LogP contribution in [0.1, 0.15) is 30.4 Å². The van der Waals surface area contributed by atoms with Gasteiger partial charge in [-0.3, -0.25) is 9.59 Å². The molecule has 0 bridgehead atoms. The number of benzene rings is 1. The van der Waals surface area contributed by atoms with Gasteiger partial charge >= 0.3 is 5.97 Å². The van der Waals surface area contributed by atoms with Gasteiger partial charge in [-0.15, -0.1) is 0 Å². The third-order valence-corrected chi connectivity index (χ3v) is 3.92. The summed E-state index contributed by atoms with van der Waals surface area (Å²) in [5.74, 6) is -0.183. The van der Waals surface area contributed by atoms with E-state index in [0.717, 1.165) is 16.9 Å². The Kier molecular flexibility index (Phi) is 4.50. The highest BCUT2D eigenvalue weighted by Gasteiger charge is 2.50. The van der Waals surface area contributed by atoms with Crippen molar-refractivity contribution in [1.29, 1.82) is 0 Å². The molecule has 0 radical (unpaired) electrons. The van der Waals surface area contributed by atoms with Crippen LogP contribution in [-0.2, 0) is 9.59 Å². The highest BCUT2D eigenvalue weighted by Crippen LogP contribution is 2.45. The standard InChI is InChI=1S/C16H21NO4/c1-11-4-3-5-12(2)14(11)21-9-6-13(18)17-10-16(7-8-16)15(19)20/h3-5H,6-10H2,1-2H3,(H,17,18)(H,19,20). The summed E-state index contributed by atoms with van der Waals surface area (Å²) in [4.78, 5) is 22.7. The minimum Gasteiger partial charge on any atom is -0.493 e. The quantitative estimate of drug-likeness (QED) is 0.806. The fourth-order valence-corrected chi connectivity index (χ4v) is 2.25. The molecule has 0 aromatic heterocycles. The third kappa shape index (κ3) is 3.74. The molecule has 1 aromatic rings. The molecule has 1 fully saturated rings. The maximum Gasteiger partial charge on any atom is 0.311 e. The Labute approximate surface area is 124 Å². The van der Waals surface area contributed by atoms with E-state index in [9.17, 15) is 9.59 Å². The first kappa shape index (κ1) is 15.4. The van der Waals surface area contributed by atoms with Crippen molar-refractivity contribution in [1.82, 2.24) is 5.32 Å². The lowest BCUT2D eigenvalue weighted by molar-refractivity contribution is -0.143. The fourth-order valence-electron chi connectivity index (χ4n) is 2.25. The summed E-state index contributed by atoms with van der Waals surface area (Å²) in [5.41, 5.74) is 1.36. The van der Waals surface area contributed by atoms with Gasteiger partial charge in [-0.05, 0) is 37.8 Å². The first-order valence-electron chi connectivity index (χ1n) is 7.14. The molecule has 0 aliphatic heterocycles. The average Bonchev–Trinajstić information content (AvgIpc) is 3.21. The van der Waals surface area contributed by atoms with E-state index in [1.165, 1.54) is 0 Å². The van der Waals surface area contributed by atoms with E-state index in [1.807, 2.05) is 32.0 Å². The Morgan fingerprint density at radius 3 is 2.43 bits per heavy atom. The summed E-state index contributed by atoms with van der Waals surface area (Å²) in [6, 6.07) is 5.89. The maximum atomic E-state index is 11.7. The van der Waals surface area contributed by atoms with E-state index in [0.29, 0.717) is 12.8 Å². The van der Waals surface area contributed by atoms with Crippen molar-refractivity contribution >= 4 is 11.9 Å². The van der Waals surface area contributed by atoms with Crippen LogP contribution in [0.5, 0.6) is 5.75 Å². The molecule has 0 atom stereocenters. The van der Waals surface area contributed by atoms with Crippen LogP contribution in [0.15, 0.2) is 18.2 Å². The number of carboxylic acid groups (broad SMARTS) is 1. The van der Waals surface area contributed by atoms with E-state index in [4.69, 9.17) is 9.84 Å². The maximum absolute atomic E-state index is 11.7. The predicted molar refractivity (Wildman–Crippen MR) is 78.3 cm³/mol. The number of ether oxygens (including phenoxy) is 1. The Balaban J connectivity index is 1.74. The molecule has 1 aliphatic rings. The largest absolute Gasteiger partial charge is 0.493 e. The van der Waals surface area contributed by atoms with Gasteiger partial charge in [0.2, 0.25) is 5.91 Å². The van der Waals surface area contributed by atoms with E-state index < -0.39 is 11.4 Å². The molecule has 1 aliphatic carbocycles. The van der Waals surface area contributed by atoms with Crippen LogP contribution in [0, 0.1) is 19.3 Å². The molecule has 1 saturated carbocycles. The molecule has 5 heteroatoms. The lowest BCUT2D eigenvalue weighted by Gasteiger charge is -2.13. The topological polar surface area (TPSA) is 75.6 Å². The van der Waals surface area contributed by atoms with E-state index >= 15 is 0 Å². The monoisotopic (exact) mass is 291 g/mol. The van der Waals surface area contributed by atoms with Crippen molar-refractivity contribution < 1.29 is 19.4 Å². The van der Waals surface area contributed by atoms with Crippen LogP contribution in [0.3, 0.4) is 0 Å². The number of carboxylic acids is 1. The van der Waals surface area contributed by atoms with E-state index in [2.05, 4.69) is 5.32 Å². The normalized spacial score (nSPS) is 15.3. The molecular formula is C16H21NO4. The molecule has 5 nitrogen and oxygen atoms in total. The number of aliphatic carboxylic acids is 1. The lowest BCUT2D eigenvalue weighted by Crippen LogP contribution is -2.34. The van der Waals surface area contributed by atoms with Crippen molar-refractivity contribution in [3.8, 4) is 5.75 Å². The number of carbonyl (C=O) groups excluding carboxylic acids is 1. The predicted octanol–water partition coefficient (Wildman–Crippen LogP) is 2.05. The van der Waals surface area contributed by atoms with Gasteiger partial charge in [0.25, 0.3) is 0 Å². The zero-order valence-corrected chi connectivity index (χ0v) is 12.4. The molecule has 2 N–H and O–H groups in total. The number of para-hydroxylation sites is 1. The highest BCUT2D eigenvalue weighted by atomic mass is 16.5. The van der Waals surface area contributed by atoms with Gasteiger partial charge in [-0.25, -0.2) is 0 Å². The smallest absolute Gasteiger partial charge is 0.311 e. The molecule has 114 valence electrons. The lowest BCUT2D eigenvalue weighted by atomic mass is 10.1. The molecule has 0 heterocycles. The number of amides is 1. The van der Waals surface area contributed by atoms with Crippen molar-refractivity contribution in [2.45, 2.75) is 33.1 Å². The average molecular weight is 291 g/mol.